The summed E-state index contributed by atoms with van der Waals surface area (Å²) in [5, 5.41) is 0. The monoisotopic (exact) mass is 640 g/mol. The Morgan fingerprint density at radius 2 is 1.33 bits per heavy atom. The fourth-order valence-corrected chi connectivity index (χ4v) is 7.53. The van der Waals surface area contributed by atoms with Crippen LogP contribution in [0.25, 0.3) is 11.1 Å². The van der Waals surface area contributed by atoms with Crippen LogP contribution in [-0.4, -0.2) is 25.6 Å². The summed E-state index contributed by atoms with van der Waals surface area (Å²) in [7, 11) is 0. The Bertz CT molecular complexity index is 1210. The van der Waals surface area contributed by atoms with Gasteiger partial charge in [-0.25, -0.2) is 17.6 Å². The van der Waals surface area contributed by atoms with Gasteiger partial charge in [0.05, 0.1) is 19.1 Å². The molecule has 3 nitrogen and oxygen atoms in total. The molecule has 0 amide bonds. The zero-order chi connectivity index (χ0) is 32.0. The number of alkyl halides is 2. The van der Waals surface area contributed by atoms with E-state index in [2.05, 4.69) is 6.92 Å². The quantitative estimate of drug-likeness (QED) is 0.131. The lowest BCUT2D eigenvalue weighted by atomic mass is 9.74. The highest BCUT2D eigenvalue weighted by Gasteiger charge is 2.46. The van der Waals surface area contributed by atoms with Crippen molar-refractivity contribution in [3.8, 4) is 16.9 Å². The predicted octanol–water partition coefficient (Wildman–Crippen LogP) is 10.8. The number of ether oxygens (including phenoxy) is 3. The van der Waals surface area contributed by atoms with Crippen molar-refractivity contribution >= 4 is 0 Å². The third-order valence-electron chi connectivity index (χ3n) is 10.3. The van der Waals surface area contributed by atoms with Crippen molar-refractivity contribution in [2.45, 2.75) is 109 Å². The Morgan fingerprint density at radius 1 is 0.711 bits per heavy atom. The molecular weight excluding hydrogens is 594 g/mol. The van der Waals surface area contributed by atoms with Gasteiger partial charge in [0.1, 0.15) is 11.6 Å². The molecule has 0 unspecified atom stereocenters. The van der Waals surface area contributed by atoms with Crippen LogP contribution in [0.1, 0.15) is 96.8 Å². The number of hydrogen-bond donors (Lipinski definition) is 0. The number of hydrogen-bond acceptors (Lipinski definition) is 3. The maximum atomic E-state index is 15.1. The fourth-order valence-electron chi connectivity index (χ4n) is 7.53. The Kier molecular flexibility index (Phi) is 11.8. The van der Waals surface area contributed by atoms with Gasteiger partial charge in [0.25, 0.3) is 0 Å². The van der Waals surface area contributed by atoms with Crippen molar-refractivity contribution in [2.75, 3.05) is 13.2 Å². The van der Waals surface area contributed by atoms with Gasteiger partial charge in [0.15, 0.2) is 23.7 Å². The lowest BCUT2D eigenvalue weighted by molar-refractivity contribution is -0.251. The van der Waals surface area contributed by atoms with E-state index < -0.39 is 41.0 Å². The van der Waals surface area contributed by atoms with E-state index in [1.165, 1.54) is 64.2 Å². The van der Waals surface area contributed by atoms with Crippen LogP contribution in [0.5, 0.6) is 5.75 Å². The normalized spacial score (nSPS) is 27.8. The summed E-state index contributed by atoms with van der Waals surface area (Å²) in [6.45, 7) is 3.57. The molecule has 250 valence electrons. The molecule has 0 spiro atoms. The first-order chi connectivity index (χ1) is 21.6. The molecule has 0 atom stereocenters. The summed E-state index contributed by atoms with van der Waals surface area (Å²) in [5.74, 6) is -5.19. The SMILES string of the molecule is CCCCCCCC1CCC(C2COC(C3CCC(C(F)(F)Oc4ccc(-c5cc(F)c(F)c(F)c5)c(F)c4)CC3)OC2)CC1. The van der Waals surface area contributed by atoms with Gasteiger partial charge in [-0.05, 0) is 80.2 Å². The molecule has 45 heavy (non-hydrogen) atoms. The number of halogens is 6. The highest BCUT2D eigenvalue weighted by atomic mass is 19.3. The summed E-state index contributed by atoms with van der Waals surface area (Å²) < 4.78 is 103. The van der Waals surface area contributed by atoms with Crippen molar-refractivity contribution in [1.29, 1.82) is 0 Å². The van der Waals surface area contributed by atoms with Crippen molar-refractivity contribution in [2.24, 2.45) is 29.6 Å². The van der Waals surface area contributed by atoms with Gasteiger partial charge in [0, 0.05) is 23.5 Å². The molecule has 0 aromatic heterocycles. The average molecular weight is 641 g/mol. The Hall–Kier alpha value is -2.26. The minimum absolute atomic E-state index is 0.0367. The van der Waals surface area contributed by atoms with E-state index in [1.807, 2.05) is 0 Å². The second-order valence-corrected chi connectivity index (χ2v) is 13.4. The van der Waals surface area contributed by atoms with Crippen molar-refractivity contribution < 1.29 is 40.6 Å². The van der Waals surface area contributed by atoms with Crippen LogP contribution in [0, 0.1) is 52.9 Å². The molecule has 2 saturated carbocycles. The standard InChI is InChI=1S/C36H46F6O3/c1-2-3-4-5-6-7-23-8-10-24(11-9-23)27-21-43-35(44-22-27)25-12-14-28(15-13-25)36(41,42)45-29-16-17-30(31(37)20-29)26-18-32(38)34(40)33(39)19-26/h16-20,23-25,27-28,35H,2-15,21-22H2,1H3. The number of rotatable bonds is 12. The fraction of sp³-hybridized carbons (Fsp3) is 0.667. The van der Waals surface area contributed by atoms with Gasteiger partial charge >= 0.3 is 6.11 Å². The van der Waals surface area contributed by atoms with Gasteiger partial charge < -0.3 is 14.2 Å². The summed E-state index contributed by atoms with van der Waals surface area (Å²) in [6, 6.07) is 4.22. The lowest BCUT2D eigenvalue weighted by Gasteiger charge is -2.41. The minimum Gasteiger partial charge on any atom is -0.432 e. The van der Waals surface area contributed by atoms with Crippen LogP contribution in [0.3, 0.4) is 0 Å². The van der Waals surface area contributed by atoms with Crippen LogP contribution in [0.15, 0.2) is 30.3 Å². The van der Waals surface area contributed by atoms with Crippen molar-refractivity contribution in [3.63, 3.8) is 0 Å². The van der Waals surface area contributed by atoms with Crippen molar-refractivity contribution in [1.82, 2.24) is 0 Å². The molecular formula is C36H46F6O3. The zero-order valence-corrected chi connectivity index (χ0v) is 26.2. The van der Waals surface area contributed by atoms with Crippen LogP contribution < -0.4 is 4.74 Å². The molecule has 1 saturated heterocycles. The van der Waals surface area contributed by atoms with Gasteiger partial charge in [-0.15, -0.1) is 0 Å². The maximum Gasteiger partial charge on any atom is 0.400 e. The largest absolute Gasteiger partial charge is 0.432 e. The van der Waals surface area contributed by atoms with Crippen LogP contribution in [0.2, 0.25) is 0 Å². The highest BCUT2D eigenvalue weighted by molar-refractivity contribution is 5.65. The van der Waals surface area contributed by atoms with Crippen molar-refractivity contribution in [3.05, 3.63) is 53.6 Å². The number of unbranched alkanes of at least 4 members (excludes halogenated alkanes) is 4. The Morgan fingerprint density at radius 3 is 1.96 bits per heavy atom. The van der Waals surface area contributed by atoms with Gasteiger partial charge in [-0.2, -0.15) is 8.78 Å². The molecule has 2 aromatic rings. The topological polar surface area (TPSA) is 27.7 Å². The second kappa shape index (κ2) is 15.6. The zero-order valence-electron chi connectivity index (χ0n) is 26.2. The summed E-state index contributed by atoms with van der Waals surface area (Å²) in [5.41, 5.74) is -0.519. The Balaban J connectivity index is 1.04. The molecule has 0 bridgehead atoms. The molecule has 2 aliphatic carbocycles. The highest BCUT2D eigenvalue weighted by Crippen LogP contribution is 2.44. The first-order valence-corrected chi connectivity index (χ1v) is 16.9. The van der Waals surface area contributed by atoms with E-state index in [9.17, 15) is 17.6 Å². The molecule has 3 aliphatic rings. The molecule has 1 aliphatic heterocycles. The number of benzene rings is 2. The second-order valence-electron chi connectivity index (χ2n) is 13.4. The van der Waals surface area contributed by atoms with Gasteiger partial charge in [-0.1, -0.05) is 58.3 Å². The van der Waals surface area contributed by atoms with Crippen LogP contribution in [-0.2, 0) is 9.47 Å². The van der Waals surface area contributed by atoms with Crippen LogP contribution in [0.4, 0.5) is 26.3 Å². The minimum atomic E-state index is -3.54. The smallest absolute Gasteiger partial charge is 0.400 e. The molecule has 2 aromatic carbocycles. The van der Waals surface area contributed by atoms with Gasteiger partial charge in [-0.3, -0.25) is 0 Å². The molecule has 0 radical (unpaired) electrons. The lowest BCUT2D eigenvalue weighted by Crippen LogP contribution is -2.43. The van der Waals surface area contributed by atoms with E-state index in [0.717, 1.165) is 24.1 Å². The predicted molar refractivity (Wildman–Crippen MR) is 161 cm³/mol. The third kappa shape index (κ3) is 8.76. The summed E-state index contributed by atoms with van der Waals surface area (Å²) in [4.78, 5) is 0. The molecule has 5 rings (SSSR count). The molecule has 3 fully saturated rings. The van der Waals surface area contributed by atoms with Crippen LogP contribution >= 0.6 is 0 Å². The summed E-state index contributed by atoms with van der Waals surface area (Å²) >= 11 is 0. The molecule has 1 heterocycles. The van der Waals surface area contributed by atoms with Gasteiger partial charge in [0.2, 0.25) is 0 Å². The average Bonchev–Trinajstić information content (AvgIpc) is 3.04. The third-order valence-corrected chi connectivity index (χ3v) is 10.3. The van der Waals surface area contributed by atoms with E-state index in [-0.39, 0.29) is 36.2 Å². The molecule has 9 heteroatoms. The van der Waals surface area contributed by atoms with E-state index in [4.69, 9.17) is 14.2 Å². The molecule has 0 N–H and O–H groups in total. The summed E-state index contributed by atoms with van der Waals surface area (Å²) in [6.07, 6.45) is 10.6. The Labute approximate surface area is 263 Å². The van der Waals surface area contributed by atoms with E-state index in [1.54, 1.807) is 0 Å². The maximum absolute atomic E-state index is 15.1. The van der Waals surface area contributed by atoms with E-state index in [0.29, 0.717) is 50.0 Å². The first kappa shape index (κ1) is 34.1. The first-order valence-electron chi connectivity index (χ1n) is 16.9. The van der Waals surface area contributed by atoms with E-state index >= 15 is 8.78 Å².